The quantitative estimate of drug-likeness (QED) is 0.640. The molecule has 0 aliphatic heterocycles. The fourth-order valence-electron chi connectivity index (χ4n) is 1.20. The molecular weight excluding hydrogens is 200 g/mol. The number of H-pyrrole nitrogens is 2. The van der Waals surface area contributed by atoms with Crippen molar-refractivity contribution in [1.29, 1.82) is 0 Å². The van der Waals surface area contributed by atoms with Gasteiger partial charge in [0, 0.05) is 11.8 Å². The smallest absolute Gasteiger partial charge is 0.354 e. The maximum absolute atomic E-state index is 11.3. The van der Waals surface area contributed by atoms with Gasteiger partial charge in [0.25, 0.3) is 5.56 Å². The molecule has 0 fully saturated rings. The van der Waals surface area contributed by atoms with Crippen LogP contribution in [0.3, 0.4) is 0 Å². The van der Waals surface area contributed by atoms with E-state index in [2.05, 4.69) is 15.1 Å². The first-order valence-electron chi connectivity index (χ1n) is 4.15. The molecule has 0 amide bonds. The summed E-state index contributed by atoms with van der Waals surface area (Å²) in [5.41, 5.74) is 0.316. The number of carbonyl (C=O) groups is 1. The van der Waals surface area contributed by atoms with Crippen molar-refractivity contribution >= 4 is 5.97 Å². The van der Waals surface area contributed by atoms with Crippen molar-refractivity contribution in [3.8, 4) is 5.95 Å². The zero-order chi connectivity index (χ0) is 11.0. The largest absolute Gasteiger partial charge is 0.477 e. The van der Waals surface area contributed by atoms with Crippen LogP contribution in [0.15, 0.2) is 17.1 Å². The Morgan fingerprint density at radius 3 is 2.80 bits per heavy atom. The summed E-state index contributed by atoms with van der Waals surface area (Å²) in [7, 11) is 0. The van der Waals surface area contributed by atoms with Crippen molar-refractivity contribution in [3.63, 3.8) is 0 Å². The third-order valence-electron chi connectivity index (χ3n) is 1.85. The van der Waals surface area contributed by atoms with Gasteiger partial charge in [-0.25, -0.2) is 9.78 Å². The van der Waals surface area contributed by atoms with Crippen LogP contribution in [0.25, 0.3) is 5.95 Å². The Bertz CT molecular complexity index is 562. The minimum Gasteiger partial charge on any atom is -0.477 e. The number of hydrogen-bond donors (Lipinski definition) is 3. The maximum atomic E-state index is 11.3. The first kappa shape index (κ1) is 9.25. The van der Waals surface area contributed by atoms with E-state index < -0.39 is 5.97 Å². The molecule has 15 heavy (non-hydrogen) atoms. The SMILES string of the molecule is Cc1cc(=O)n(-c2ncc(C(=O)O)[nH]2)[nH]1. The van der Waals surface area contributed by atoms with E-state index in [-0.39, 0.29) is 17.2 Å². The Morgan fingerprint density at radius 1 is 1.60 bits per heavy atom. The second-order valence-corrected chi connectivity index (χ2v) is 3.04. The highest BCUT2D eigenvalue weighted by molar-refractivity contribution is 5.85. The number of aromatic amines is 2. The standard InChI is InChI=1S/C8H8N4O3/c1-4-2-6(13)12(11-4)8-9-3-5(10-8)7(14)15/h2-3,11H,1H3,(H,9,10)(H,14,15). The molecule has 0 saturated carbocycles. The number of imidazole rings is 1. The average molecular weight is 208 g/mol. The summed E-state index contributed by atoms with van der Waals surface area (Å²) in [5, 5.41) is 11.4. The van der Waals surface area contributed by atoms with Gasteiger partial charge in [-0.3, -0.25) is 9.89 Å². The van der Waals surface area contributed by atoms with E-state index in [0.29, 0.717) is 5.69 Å². The fourth-order valence-corrected chi connectivity index (χ4v) is 1.20. The van der Waals surface area contributed by atoms with E-state index in [4.69, 9.17) is 5.11 Å². The van der Waals surface area contributed by atoms with Crippen LogP contribution in [-0.2, 0) is 0 Å². The number of carboxylic acid groups (broad SMARTS) is 1. The van der Waals surface area contributed by atoms with Crippen LogP contribution in [-0.4, -0.2) is 30.8 Å². The normalized spacial score (nSPS) is 10.5. The van der Waals surface area contributed by atoms with Gasteiger partial charge in [-0.15, -0.1) is 0 Å². The number of nitrogens with zero attached hydrogens (tertiary/aromatic N) is 2. The van der Waals surface area contributed by atoms with Gasteiger partial charge in [-0.2, -0.15) is 4.68 Å². The third kappa shape index (κ3) is 1.54. The summed E-state index contributed by atoms with van der Waals surface area (Å²) in [6.45, 7) is 1.72. The van der Waals surface area contributed by atoms with E-state index in [9.17, 15) is 9.59 Å². The summed E-state index contributed by atoms with van der Waals surface area (Å²) < 4.78 is 1.14. The summed E-state index contributed by atoms with van der Waals surface area (Å²) >= 11 is 0. The Kier molecular flexibility index (Phi) is 1.93. The molecule has 0 saturated heterocycles. The number of aryl methyl sites for hydroxylation is 1. The van der Waals surface area contributed by atoms with Gasteiger partial charge < -0.3 is 10.1 Å². The summed E-state index contributed by atoms with van der Waals surface area (Å²) in [5.74, 6) is -0.962. The molecule has 2 rings (SSSR count). The number of aromatic nitrogens is 4. The van der Waals surface area contributed by atoms with Crippen LogP contribution in [0.5, 0.6) is 0 Å². The maximum Gasteiger partial charge on any atom is 0.354 e. The molecule has 3 N–H and O–H groups in total. The Labute approximate surface area is 83.4 Å². The molecule has 0 spiro atoms. The summed E-state index contributed by atoms with van der Waals surface area (Å²) in [4.78, 5) is 28.2. The predicted molar refractivity (Wildman–Crippen MR) is 50.2 cm³/mol. The number of carboxylic acids is 1. The van der Waals surface area contributed by atoms with Crippen LogP contribution in [0, 0.1) is 6.92 Å². The van der Waals surface area contributed by atoms with Gasteiger partial charge in [0.15, 0.2) is 0 Å². The van der Waals surface area contributed by atoms with E-state index >= 15 is 0 Å². The van der Waals surface area contributed by atoms with Crippen LogP contribution < -0.4 is 5.56 Å². The fraction of sp³-hybridized carbons (Fsp3) is 0.125. The van der Waals surface area contributed by atoms with Crippen molar-refractivity contribution in [2.45, 2.75) is 6.92 Å². The number of nitrogens with one attached hydrogen (secondary N) is 2. The van der Waals surface area contributed by atoms with Gasteiger partial charge in [-0.1, -0.05) is 0 Å². The molecule has 2 aromatic heterocycles. The first-order valence-corrected chi connectivity index (χ1v) is 4.15. The second kappa shape index (κ2) is 3.12. The van der Waals surface area contributed by atoms with Crippen molar-refractivity contribution in [2.24, 2.45) is 0 Å². The molecule has 7 heteroatoms. The van der Waals surface area contributed by atoms with Crippen molar-refractivity contribution in [1.82, 2.24) is 19.7 Å². The zero-order valence-corrected chi connectivity index (χ0v) is 7.81. The van der Waals surface area contributed by atoms with Crippen molar-refractivity contribution in [3.05, 3.63) is 34.0 Å². The second-order valence-electron chi connectivity index (χ2n) is 3.04. The van der Waals surface area contributed by atoms with E-state index in [0.717, 1.165) is 10.9 Å². The van der Waals surface area contributed by atoms with Gasteiger partial charge >= 0.3 is 5.97 Å². The van der Waals surface area contributed by atoms with Gasteiger partial charge in [0.05, 0.1) is 6.20 Å². The van der Waals surface area contributed by atoms with Crippen molar-refractivity contribution in [2.75, 3.05) is 0 Å². The van der Waals surface area contributed by atoms with Gasteiger partial charge in [0.2, 0.25) is 5.95 Å². The minimum atomic E-state index is -1.12. The number of aromatic carboxylic acids is 1. The monoisotopic (exact) mass is 208 g/mol. The van der Waals surface area contributed by atoms with E-state index in [1.54, 1.807) is 6.92 Å². The molecule has 2 aromatic rings. The van der Waals surface area contributed by atoms with E-state index in [1.807, 2.05) is 0 Å². The van der Waals surface area contributed by atoms with Crippen LogP contribution in [0.2, 0.25) is 0 Å². The molecule has 7 nitrogen and oxygen atoms in total. The van der Waals surface area contributed by atoms with E-state index in [1.165, 1.54) is 6.07 Å². The summed E-state index contributed by atoms with van der Waals surface area (Å²) in [6, 6.07) is 1.39. The highest BCUT2D eigenvalue weighted by Gasteiger charge is 2.10. The Hall–Kier alpha value is -2.31. The lowest BCUT2D eigenvalue weighted by molar-refractivity contribution is 0.0691. The molecule has 0 aromatic carbocycles. The lowest BCUT2D eigenvalue weighted by atomic mass is 10.5. The zero-order valence-electron chi connectivity index (χ0n) is 7.81. The first-order chi connectivity index (χ1) is 7.08. The van der Waals surface area contributed by atoms with Crippen molar-refractivity contribution < 1.29 is 9.90 Å². The molecule has 0 aliphatic rings. The highest BCUT2D eigenvalue weighted by atomic mass is 16.4. The molecule has 0 unspecified atom stereocenters. The molecule has 0 aliphatic carbocycles. The lowest BCUT2D eigenvalue weighted by Gasteiger charge is -1.94. The number of rotatable bonds is 2. The Morgan fingerprint density at radius 2 is 2.33 bits per heavy atom. The molecular formula is C8H8N4O3. The van der Waals surface area contributed by atoms with Crippen LogP contribution in [0.4, 0.5) is 0 Å². The molecule has 0 radical (unpaired) electrons. The molecule has 0 atom stereocenters. The highest BCUT2D eigenvalue weighted by Crippen LogP contribution is 2.00. The predicted octanol–water partition coefficient (Wildman–Crippen LogP) is -0.105. The average Bonchev–Trinajstić information content (AvgIpc) is 2.71. The molecule has 2 heterocycles. The molecule has 0 bridgehead atoms. The van der Waals surface area contributed by atoms with Gasteiger partial charge in [0.1, 0.15) is 5.69 Å². The van der Waals surface area contributed by atoms with Gasteiger partial charge in [-0.05, 0) is 6.92 Å². The molecule has 78 valence electrons. The third-order valence-corrected chi connectivity index (χ3v) is 1.85. The Balaban J connectivity index is 2.50. The topological polar surface area (TPSA) is 104 Å². The minimum absolute atomic E-state index is 0.0656. The summed E-state index contributed by atoms with van der Waals surface area (Å²) in [6.07, 6.45) is 1.15. The van der Waals surface area contributed by atoms with Crippen LogP contribution in [0.1, 0.15) is 16.2 Å². The lowest BCUT2D eigenvalue weighted by Crippen LogP contribution is -2.15. The number of hydrogen-bond acceptors (Lipinski definition) is 3. The van der Waals surface area contributed by atoms with Crippen LogP contribution >= 0.6 is 0 Å².